The summed E-state index contributed by atoms with van der Waals surface area (Å²) in [5, 5.41) is 20.8. The molecule has 0 bridgehead atoms. The van der Waals surface area contributed by atoms with Gasteiger partial charge in [0.2, 0.25) is 0 Å². The van der Waals surface area contributed by atoms with Gasteiger partial charge in [-0.2, -0.15) is 5.26 Å². The topological polar surface area (TPSA) is 56.0 Å². The zero-order valence-corrected chi connectivity index (χ0v) is 9.42. The Balaban J connectivity index is 2.98. The van der Waals surface area contributed by atoms with E-state index in [2.05, 4.69) is 5.32 Å². The van der Waals surface area contributed by atoms with Crippen molar-refractivity contribution in [2.75, 3.05) is 11.9 Å². The predicted molar refractivity (Wildman–Crippen MR) is 60.5 cm³/mol. The van der Waals surface area contributed by atoms with E-state index < -0.39 is 5.82 Å². The van der Waals surface area contributed by atoms with E-state index in [-0.39, 0.29) is 17.7 Å². The maximum Gasteiger partial charge on any atom is 0.143 e. The van der Waals surface area contributed by atoms with Crippen molar-refractivity contribution in [2.24, 2.45) is 0 Å². The maximum absolute atomic E-state index is 13.3. The normalized spacial score (nSPS) is 10.9. The number of hydrogen-bond donors (Lipinski definition) is 2. The lowest BCUT2D eigenvalue weighted by Crippen LogP contribution is -2.32. The van der Waals surface area contributed by atoms with E-state index in [4.69, 9.17) is 10.4 Å². The molecular weight excluding hydrogens is 207 g/mol. The second-order valence-corrected chi connectivity index (χ2v) is 4.26. The van der Waals surface area contributed by atoms with Crippen molar-refractivity contribution < 1.29 is 9.50 Å². The van der Waals surface area contributed by atoms with Crippen LogP contribution >= 0.6 is 0 Å². The molecule has 0 spiro atoms. The molecule has 16 heavy (non-hydrogen) atoms. The highest BCUT2D eigenvalue weighted by atomic mass is 19.1. The zero-order valence-electron chi connectivity index (χ0n) is 9.42. The Morgan fingerprint density at radius 1 is 1.50 bits per heavy atom. The molecule has 0 saturated heterocycles. The number of nitrogens with one attached hydrogen (secondary N) is 1. The van der Waals surface area contributed by atoms with Crippen LogP contribution < -0.4 is 5.32 Å². The van der Waals surface area contributed by atoms with Gasteiger partial charge in [-0.05, 0) is 32.4 Å². The quantitative estimate of drug-likeness (QED) is 0.821. The summed E-state index contributed by atoms with van der Waals surface area (Å²) < 4.78 is 13.3. The Morgan fingerprint density at radius 2 is 2.19 bits per heavy atom. The Labute approximate surface area is 94.5 Å². The first-order valence-electron chi connectivity index (χ1n) is 5.08. The highest BCUT2D eigenvalue weighted by molar-refractivity contribution is 5.59. The average molecular weight is 222 g/mol. The number of nitrogens with zero attached hydrogens (tertiary/aromatic N) is 1. The van der Waals surface area contributed by atoms with Crippen molar-refractivity contribution >= 4 is 5.69 Å². The molecule has 0 aliphatic carbocycles. The molecule has 0 aliphatic rings. The minimum atomic E-state index is -0.535. The van der Waals surface area contributed by atoms with Crippen LogP contribution in [0.2, 0.25) is 0 Å². The molecule has 2 N–H and O–H groups in total. The van der Waals surface area contributed by atoms with Crippen LogP contribution in [0, 0.1) is 17.1 Å². The van der Waals surface area contributed by atoms with Gasteiger partial charge in [0, 0.05) is 12.1 Å². The molecule has 0 fully saturated rings. The number of halogens is 1. The molecule has 0 unspecified atom stereocenters. The van der Waals surface area contributed by atoms with Crippen LogP contribution in [-0.2, 0) is 0 Å². The van der Waals surface area contributed by atoms with Gasteiger partial charge in [-0.3, -0.25) is 0 Å². The van der Waals surface area contributed by atoms with Gasteiger partial charge in [0.1, 0.15) is 17.4 Å². The van der Waals surface area contributed by atoms with Gasteiger partial charge >= 0.3 is 0 Å². The van der Waals surface area contributed by atoms with Gasteiger partial charge in [0.25, 0.3) is 0 Å². The van der Waals surface area contributed by atoms with Crippen molar-refractivity contribution in [2.45, 2.75) is 25.8 Å². The first-order valence-corrected chi connectivity index (χ1v) is 5.08. The number of aliphatic hydroxyl groups excluding tert-OH is 1. The molecule has 0 saturated carbocycles. The minimum Gasteiger partial charge on any atom is -0.396 e. The maximum atomic E-state index is 13.3. The Morgan fingerprint density at radius 3 is 2.75 bits per heavy atom. The van der Waals surface area contributed by atoms with Crippen LogP contribution in [0.3, 0.4) is 0 Å². The molecule has 3 nitrogen and oxygen atoms in total. The van der Waals surface area contributed by atoms with E-state index >= 15 is 0 Å². The summed E-state index contributed by atoms with van der Waals surface area (Å²) in [7, 11) is 0. The van der Waals surface area contributed by atoms with E-state index in [1.165, 1.54) is 6.07 Å². The summed E-state index contributed by atoms with van der Waals surface area (Å²) >= 11 is 0. The van der Waals surface area contributed by atoms with Crippen LogP contribution in [0.5, 0.6) is 0 Å². The number of nitriles is 1. The van der Waals surface area contributed by atoms with Crippen LogP contribution in [0.15, 0.2) is 18.2 Å². The van der Waals surface area contributed by atoms with Gasteiger partial charge in [-0.1, -0.05) is 6.07 Å². The monoisotopic (exact) mass is 222 g/mol. The first-order chi connectivity index (χ1) is 7.50. The highest BCUT2D eigenvalue weighted by Gasteiger charge is 2.19. The Bertz CT molecular complexity index is 410. The number of anilines is 1. The average Bonchev–Trinajstić information content (AvgIpc) is 2.17. The third-order valence-corrected chi connectivity index (χ3v) is 2.34. The second-order valence-electron chi connectivity index (χ2n) is 4.26. The van der Waals surface area contributed by atoms with E-state index in [0.29, 0.717) is 12.1 Å². The lowest BCUT2D eigenvalue weighted by molar-refractivity contribution is 0.261. The number of aliphatic hydroxyl groups is 1. The molecule has 1 rings (SSSR count). The fraction of sp³-hybridized carbons (Fsp3) is 0.417. The molecular formula is C12H15FN2O. The molecule has 86 valence electrons. The molecule has 1 aromatic carbocycles. The van der Waals surface area contributed by atoms with E-state index in [1.807, 2.05) is 19.9 Å². The van der Waals surface area contributed by atoms with Crippen LogP contribution in [0.4, 0.5) is 10.1 Å². The van der Waals surface area contributed by atoms with Gasteiger partial charge in [0.15, 0.2) is 0 Å². The molecule has 0 radical (unpaired) electrons. The van der Waals surface area contributed by atoms with Crippen molar-refractivity contribution in [1.82, 2.24) is 0 Å². The highest BCUT2D eigenvalue weighted by Crippen LogP contribution is 2.23. The molecule has 4 heteroatoms. The van der Waals surface area contributed by atoms with E-state index in [9.17, 15) is 4.39 Å². The van der Waals surface area contributed by atoms with Gasteiger partial charge in [0.05, 0.1) is 5.69 Å². The lowest BCUT2D eigenvalue weighted by Gasteiger charge is -2.27. The Kier molecular flexibility index (Phi) is 3.86. The molecule has 0 atom stereocenters. The second kappa shape index (κ2) is 4.95. The summed E-state index contributed by atoms with van der Waals surface area (Å²) in [6, 6.07) is 6.28. The lowest BCUT2D eigenvalue weighted by atomic mass is 10.00. The van der Waals surface area contributed by atoms with Gasteiger partial charge in [-0.15, -0.1) is 0 Å². The number of rotatable bonds is 4. The molecule has 0 aromatic heterocycles. The van der Waals surface area contributed by atoms with Crippen molar-refractivity contribution in [3.8, 4) is 6.07 Å². The van der Waals surface area contributed by atoms with Gasteiger partial charge < -0.3 is 10.4 Å². The number of hydrogen-bond acceptors (Lipinski definition) is 3. The van der Waals surface area contributed by atoms with Crippen LogP contribution in [-0.4, -0.2) is 17.3 Å². The van der Waals surface area contributed by atoms with E-state index in [1.54, 1.807) is 12.1 Å². The first kappa shape index (κ1) is 12.5. The van der Waals surface area contributed by atoms with Crippen molar-refractivity contribution in [1.29, 1.82) is 5.26 Å². The third kappa shape index (κ3) is 2.94. The summed E-state index contributed by atoms with van der Waals surface area (Å²) in [6.07, 6.45) is 0.522. The standard InChI is InChI=1S/C12H15FN2O/c1-12(2,6-7-16)15-11-5-3-4-10(13)9(11)8-14/h3-5,15-16H,6-7H2,1-2H3. The van der Waals surface area contributed by atoms with Crippen molar-refractivity contribution in [3.63, 3.8) is 0 Å². The fourth-order valence-electron chi connectivity index (χ4n) is 1.45. The summed E-state index contributed by atoms with van der Waals surface area (Å²) in [5.41, 5.74) is 0.0863. The number of benzene rings is 1. The minimum absolute atomic E-state index is 0.00788. The molecule has 1 aromatic rings. The molecule has 0 heterocycles. The smallest absolute Gasteiger partial charge is 0.143 e. The summed E-state index contributed by atoms with van der Waals surface area (Å²) in [4.78, 5) is 0. The fourth-order valence-corrected chi connectivity index (χ4v) is 1.45. The zero-order chi connectivity index (χ0) is 12.2. The largest absolute Gasteiger partial charge is 0.396 e. The van der Waals surface area contributed by atoms with Gasteiger partial charge in [-0.25, -0.2) is 4.39 Å². The molecule has 0 aliphatic heterocycles. The van der Waals surface area contributed by atoms with E-state index in [0.717, 1.165) is 0 Å². The predicted octanol–water partition coefficient (Wildman–Crippen LogP) is 2.27. The third-order valence-electron chi connectivity index (χ3n) is 2.34. The Hall–Kier alpha value is -1.60. The van der Waals surface area contributed by atoms with Crippen LogP contribution in [0.25, 0.3) is 0 Å². The summed E-state index contributed by atoms with van der Waals surface area (Å²) in [5.74, 6) is -0.535. The molecule has 0 amide bonds. The van der Waals surface area contributed by atoms with Crippen LogP contribution in [0.1, 0.15) is 25.8 Å². The SMILES string of the molecule is CC(C)(CCO)Nc1cccc(F)c1C#N. The van der Waals surface area contributed by atoms with Crippen molar-refractivity contribution in [3.05, 3.63) is 29.6 Å². The summed E-state index contributed by atoms with van der Waals surface area (Å²) in [6.45, 7) is 3.81.